The lowest BCUT2D eigenvalue weighted by atomic mass is 10.3. The van der Waals surface area contributed by atoms with Gasteiger partial charge in [-0.1, -0.05) is 0 Å². The highest BCUT2D eigenvalue weighted by molar-refractivity contribution is 6.72. The predicted molar refractivity (Wildman–Crippen MR) is 42.9 cm³/mol. The smallest absolute Gasteiger partial charge is 0.350 e. The Kier molecular flexibility index (Phi) is 1.44. The van der Waals surface area contributed by atoms with E-state index in [0.717, 1.165) is 0 Å². The number of hydrogen-bond acceptors (Lipinski definition) is 5. The van der Waals surface area contributed by atoms with Crippen LogP contribution in [0.5, 0.6) is 0 Å². The standard InChI is InChI=1S/C6H4N4O3/c1-13-6-7-2-3(9-6)8-5(12)10-4(2)11/h1H3,(H,10,11,12). The second kappa shape index (κ2) is 2.47. The molecule has 0 aromatic heterocycles. The average Bonchev–Trinajstić information content (AvgIpc) is 2.47. The molecule has 0 bridgehead atoms. The summed E-state index contributed by atoms with van der Waals surface area (Å²) in [5, 5.41) is 1.97. The summed E-state index contributed by atoms with van der Waals surface area (Å²) in [6.07, 6.45) is 0. The molecule has 2 rings (SSSR count). The lowest BCUT2D eigenvalue weighted by molar-refractivity contribution is -0.113. The molecule has 0 unspecified atom stereocenters. The molecule has 66 valence electrons. The van der Waals surface area contributed by atoms with Crippen molar-refractivity contribution in [1.82, 2.24) is 5.32 Å². The number of urea groups is 1. The molecule has 0 aromatic rings. The summed E-state index contributed by atoms with van der Waals surface area (Å²) >= 11 is 0. The Balaban J connectivity index is 2.46. The van der Waals surface area contributed by atoms with Crippen molar-refractivity contribution < 1.29 is 14.3 Å². The molecule has 0 radical (unpaired) electrons. The molecule has 1 N–H and O–H groups in total. The molecular formula is C6H4N4O3. The van der Waals surface area contributed by atoms with E-state index >= 15 is 0 Å². The van der Waals surface area contributed by atoms with Gasteiger partial charge in [-0.15, -0.1) is 0 Å². The van der Waals surface area contributed by atoms with Crippen molar-refractivity contribution in [2.75, 3.05) is 7.11 Å². The predicted octanol–water partition coefficient (Wildman–Crippen LogP) is -0.908. The van der Waals surface area contributed by atoms with Crippen LogP contribution in [0.3, 0.4) is 0 Å². The number of imide groups is 1. The molecular weight excluding hydrogens is 176 g/mol. The Morgan fingerprint density at radius 2 is 2.00 bits per heavy atom. The molecule has 2 heterocycles. The summed E-state index contributed by atoms with van der Waals surface area (Å²) in [6.45, 7) is 0. The van der Waals surface area contributed by atoms with Crippen LogP contribution in [0.25, 0.3) is 0 Å². The van der Waals surface area contributed by atoms with Gasteiger partial charge in [0.1, 0.15) is 0 Å². The van der Waals surface area contributed by atoms with Crippen molar-refractivity contribution in [2.45, 2.75) is 0 Å². The van der Waals surface area contributed by atoms with Crippen LogP contribution in [0.2, 0.25) is 0 Å². The third-order valence-electron chi connectivity index (χ3n) is 1.45. The van der Waals surface area contributed by atoms with Crippen LogP contribution in [0.1, 0.15) is 0 Å². The number of aliphatic imine (C=N–C) groups is 3. The summed E-state index contributed by atoms with van der Waals surface area (Å²) in [7, 11) is 1.36. The Morgan fingerprint density at radius 3 is 2.69 bits per heavy atom. The molecule has 7 heteroatoms. The first-order valence-corrected chi connectivity index (χ1v) is 3.36. The van der Waals surface area contributed by atoms with Crippen LogP contribution < -0.4 is 5.32 Å². The van der Waals surface area contributed by atoms with E-state index in [9.17, 15) is 9.59 Å². The fraction of sp³-hybridized carbons (Fsp3) is 0.167. The van der Waals surface area contributed by atoms with Crippen LogP contribution in [0.15, 0.2) is 15.0 Å². The van der Waals surface area contributed by atoms with Gasteiger partial charge in [-0.25, -0.2) is 4.79 Å². The topological polar surface area (TPSA) is 92.5 Å². The van der Waals surface area contributed by atoms with Gasteiger partial charge in [0, 0.05) is 0 Å². The highest BCUT2D eigenvalue weighted by Gasteiger charge is 2.31. The number of carbonyl (C=O) groups is 2. The maximum Gasteiger partial charge on any atom is 0.350 e. The van der Waals surface area contributed by atoms with Gasteiger partial charge in [0.15, 0.2) is 11.5 Å². The molecule has 0 atom stereocenters. The molecule has 0 fully saturated rings. The maximum absolute atomic E-state index is 11.1. The van der Waals surface area contributed by atoms with Crippen LogP contribution in [0, 0.1) is 0 Å². The van der Waals surface area contributed by atoms with E-state index in [1.807, 2.05) is 5.32 Å². The Morgan fingerprint density at radius 1 is 1.23 bits per heavy atom. The second-order valence-corrected chi connectivity index (χ2v) is 2.25. The van der Waals surface area contributed by atoms with Crippen LogP contribution in [0.4, 0.5) is 4.79 Å². The number of nitrogens with one attached hydrogen (secondary N) is 1. The lowest BCUT2D eigenvalue weighted by Gasteiger charge is -2.04. The zero-order valence-corrected chi connectivity index (χ0v) is 6.57. The molecule has 13 heavy (non-hydrogen) atoms. The highest BCUT2D eigenvalue weighted by atomic mass is 16.5. The number of ether oxygens (including phenoxy) is 1. The molecule has 7 nitrogen and oxygen atoms in total. The molecule has 0 aromatic carbocycles. The fourth-order valence-corrected chi connectivity index (χ4v) is 0.916. The van der Waals surface area contributed by atoms with Gasteiger partial charge in [-0.05, 0) is 0 Å². The first-order chi connectivity index (χ1) is 6.20. The quantitative estimate of drug-likeness (QED) is 0.523. The molecule has 0 saturated heterocycles. The zero-order chi connectivity index (χ0) is 9.42. The SMILES string of the molecule is COC1=NC2=NC(=O)NC(=O)C2=N1. The lowest BCUT2D eigenvalue weighted by Crippen LogP contribution is -2.41. The average molecular weight is 180 g/mol. The second-order valence-electron chi connectivity index (χ2n) is 2.25. The Hall–Kier alpha value is -2.05. The summed E-state index contributed by atoms with van der Waals surface area (Å²) in [6, 6.07) is -0.710. The maximum atomic E-state index is 11.1. The van der Waals surface area contributed by atoms with E-state index in [4.69, 9.17) is 0 Å². The van der Waals surface area contributed by atoms with E-state index in [1.54, 1.807) is 0 Å². The van der Waals surface area contributed by atoms with Gasteiger partial charge in [-0.2, -0.15) is 15.0 Å². The molecule has 2 aliphatic heterocycles. The van der Waals surface area contributed by atoms with Gasteiger partial charge >= 0.3 is 12.1 Å². The van der Waals surface area contributed by atoms with Crippen molar-refractivity contribution in [3.8, 4) is 0 Å². The Labute approximate surface area is 72.2 Å². The first kappa shape index (κ1) is 7.59. The summed E-state index contributed by atoms with van der Waals surface area (Å²) in [5.74, 6) is -0.601. The van der Waals surface area contributed by atoms with Crippen LogP contribution in [-0.4, -0.2) is 36.6 Å². The van der Waals surface area contributed by atoms with Crippen molar-refractivity contribution in [3.63, 3.8) is 0 Å². The van der Waals surface area contributed by atoms with E-state index in [-0.39, 0.29) is 17.6 Å². The van der Waals surface area contributed by atoms with Gasteiger partial charge in [0.25, 0.3) is 5.91 Å². The van der Waals surface area contributed by atoms with Crippen molar-refractivity contribution in [1.29, 1.82) is 0 Å². The minimum atomic E-state index is -0.736. The summed E-state index contributed by atoms with van der Waals surface area (Å²) < 4.78 is 4.68. The number of amides is 3. The number of carbonyl (C=O) groups excluding carboxylic acids is 2. The monoisotopic (exact) mass is 180 g/mol. The molecule has 2 aliphatic rings. The number of hydrogen-bond donors (Lipinski definition) is 1. The Bertz CT molecular complexity index is 393. The number of amidine groups is 2. The fourth-order valence-electron chi connectivity index (χ4n) is 0.916. The van der Waals surface area contributed by atoms with Crippen molar-refractivity contribution in [3.05, 3.63) is 0 Å². The summed E-state index contributed by atoms with van der Waals surface area (Å²) in [5.41, 5.74) is 0.0106. The molecule has 0 spiro atoms. The number of fused-ring (bicyclic) bond motifs is 1. The number of methoxy groups -OCH3 is 1. The number of nitrogens with zero attached hydrogens (tertiary/aromatic N) is 3. The number of rotatable bonds is 0. The van der Waals surface area contributed by atoms with E-state index in [2.05, 4.69) is 19.7 Å². The molecule has 0 saturated carbocycles. The van der Waals surface area contributed by atoms with Gasteiger partial charge < -0.3 is 4.74 Å². The largest absolute Gasteiger partial charge is 0.467 e. The van der Waals surface area contributed by atoms with Crippen LogP contribution >= 0.6 is 0 Å². The van der Waals surface area contributed by atoms with E-state index in [1.165, 1.54) is 7.11 Å². The van der Waals surface area contributed by atoms with Crippen LogP contribution in [-0.2, 0) is 9.53 Å². The normalized spacial score (nSPS) is 19.9. The summed E-state index contributed by atoms with van der Waals surface area (Å²) in [4.78, 5) is 32.6. The third-order valence-corrected chi connectivity index (χ3v) is 1.45. The van der Waals surface area contributed by atoms with E-state index in [0.29, 0.717) is 0 Å². The van der Waals surface area contributed by atoms with Gasteiger partial charge in [0.2, 0.25) is 0 Å². The molecule has 0 aliphatic carbocycles. The van der Waals surface area contributed by atoms with Crippen molar-refractivity contribution >= 4 is 29.5 Å². The first-order valence-electron chi connectivity index (χ1n) is 3.36. The zero-order valence-electron chi connectivity index (χ0n) is 6.57. The molecule has 3 amide bonds. The van der Waals surface area contributed by atoms with Gasteiger partial charge in [0.05, 0.1) is 7.11 Å². The van der Waals surface area contributed by atoms with E-state index < -0.39 is 11.9 Å². The minimum absolute atomic E-state index is 0.00519. The van der Waals surface area contributed by atoms with Crippen molar-refractivity contribution in [2.24, 2.45) is 15.0 Å². The third kappa shape index (κ3) is 1.10. The highest BCUT2D eigenvalue weighted by Crippen LogP contribution is 2.05. The minimum Gasteiger partial charge on any atom is -0.467 e. The van der Waals surface area contributed by atoms with Gasteiger partial charge in [-0.3, -0.25) is 10.1 Å².